The summed E-state index contributed by atoms with van der Waals surface area (Å²) in [7, 11) is 0. The molecule has 2 rings (SSSR count). The molecule has 1 heterocycles. The van der Waals surface area contributed by atoms with Gasteiger partial charge in [-0.1, -0.05) is 30.3 Å². The Hall–Kier alpha value is -1.88. The number of aromatic carboxylic acids is 1. The largest absolute Gasteiger partial charge is 0.476 e. The van der Waals surface area contributed by atoms with Crippen LogP contribution < -0.4 is 5.32 Å². The topological polar surface area (TPSA) is 62.2 Å². The van der Waals surface area contributed by atoms with Gasteiger partial charge in [0.15, 0.2) is 10.8 Å². The number of thiazole rings is 1. The fourth-order valence-electron chi connectivity index (χ4n) is 1.67. The van der Waals surface area contributed by atoms with Crippen LogP contribution >= 0.6 is 11.3 Å². The van der Waals surface area contributed by atoms with Crippen molar-refractivity contribution in [2.75, 3.05) is 5.32 Å². The predicted octanol–water partition coefficient (Wildman–Crippen LogP) is 2.88. The molecule has 0 saturated heterocycles. The number of carboxylic acid groups (broad SMARTS) is 1. The number of carboxylic acids is 1. The van der Waals surface area contributed by atoms with E-state index in [-0.39, 0.29) is 11.7 Å². The van der Waals surface area contributed by atoms with E-state index in [9.17, 15) is 4.79 Å². The number of aromatic nitrogens is 1. The van der Waals surface area contributed by atoms with Crippen LogP contribution in [0.25, 0.3) is 0 Å². The van der Waals surface area contributed by atoms with Crippen molar-refractivity contribution in [3.05, 3.63) is 47.0 Å². The summed E-state index contributed by atoms with van der Waals surface area (Å²) >= 11 is 1.31. The normalized spacial score (nSPS) is 12.1. The first kappa shape index (κ1) is 12.6. The first-order valence-electron chi connectivity index (χ1n) is 5.64. The van der Waals surface area contributed by atoms with Gasteiger partial charge in [0.1, 0.15) is 0 Å². The molecule has 0 bridgehead atoms. The standard InChI is InChI=1S/C13H14N2O2S/c1-9(7-10-5-3-2-4-6-10)14-13-15-11(8-18-13)12(16)17/h2-6,8-9H,7H2,1H3,(H,14,15)(H,16,17). The minimum atomic E-state index is -0.991. The highest BCUT2D eigenvalue weighted by molar-refractivity contribution is 7.13. The maximum Gasteiger partial charge on any atom is 0.355 e. The molecule has 0 saturated carbocycles. The van der Waals surface area contributed by atoms with E-state index in [4.69, 9.17) is 5.11 Å². The van der Waals surface area contributed by atoms with Crippen molar-refractivity contribution in [1.29, 1.82) is 0 Å². The monoisotopic (exact) mass is 262 g/mol. The Kier molecular flexibility index (Phi) is 3.94. The lowest BCUT2D eigenvalue weighted by molar-refractivity contribution is 0.0691. The van der Waals surface area contributed by atoms with Crippen molar-refractivity contribution in [3.8, 4) is 0 Å². The second-order valence-electron chi connectivity index (χ2n) is 4.08. The molecule has 0 aliphatic heterocycles. The quantitative estimate of drug-likeness (QED) is 0.869. The number of hydrogen-bond donors (Lipinski definition) is 2. The molecule has 5 heteroatoms. The SMILES string of the molecule is CC(Cc1ccccc1)Nc1nc(C(=O)O)cs1. The zero-order valence-corrected chi connectivity index (χ0v) is 10.8. The van der Waals surface area contributed by atoms with Gasteiger partial charge in [0.2, 0.25) is 0 Å². The lowest BCUT2D eigenvalue weighted by Crippen LogP contribution is -2.18. The van der Waals surface area contributed by atoms with E-state index >= 15 is 0 Å². The van der Waals surface area contributed by atoms with E-state index in [1.807, 2.05) is 18.2 Å². The number of nitrogens with one attached hydrogen (secondary N) is 1. The number of benzene rings is 1. The molecule has 2 aromatic rings. The van der Waals surface area contributed by atoms with Crippen LogP contribution in [0.3, 0.4) is 0 Å². The first-order valence-corrected chi connectivity index (χ1v) is 6.52. The van der Waals surface area contributed by atoms with Crippen LogP contribution in [0.1, 0.15) is 23.0 Å². The van der Waals surface area contributed by atoms with Gasteiger partial charge in [0.25, 0.3) is 0 Å². The maximum absolute atomic E-state index is 10.7. The molecule has 18 heavy (non-hydrogen) atoms. The summed E-state index contributed by atoms with van der Waals surface area (Å²) < 4.78 is 0. The van der Waals surface area contributed by atoms with Crippen molar-refractivity contribution in [3.63, 3.8) is 0 Å². The van der Waals surface area contributed by atoms with Crippen molar-refractivity contribution in [2.45, 2.75) is 19.4 Å². The van der Waals surface area contributed by atoms with Crippen molar-refractivity contribution in [2.24, 2.45) is 0 Å². The zero-order chi connectivity index (χ0) is 13.0. The summed E-state index contributed by atoms with van der Waals surface area (Å²) in [6.45, 7) is 2.05. The number of anilines is 1. The Morgan fingerprint density at radius 2 is 2.17 bits per heavy atom. The fourth-order valence-corrected chi connectivity index (χ4v) is 2.46. The molecule has 1 aromatic carbocycles. The average Bonchev–Trinajstić information content (AvgIpc) is 2.78. The van der Waals surface area contributed by atoms with E-state index in [1.165, 1.54) is 16.9 Å². The molecule has 0 spiro atoms. The molecule has 1 unspecified atom stereocenters. The Morgan fingerprint density at radius 1 is 1.44 bits per heavy atom. The fraction of sp³-hybridized carbons (Fsp3) is 0.231. The summed E-state index contributed by atoms with van der Waals surface area (Å²) in [6, 6.07) is 10.4. The van der Waals surface area contributed by atoms with Crippen LogP contribution in [0.2, 0.25) is 0 Å². The first-order chi connectivity index (χ1) is 8.65. The molecule has 94 valence electrons. The van der Waals surface area contributed by atoms with Gasteiger partial charge in [-0.2, -0.15) is 0 Å². The smallest absolute Gasteiger partial charge is 0.355 e. The Labute approximate surface area is 109 Å². The Balaban J connectivity index is 1.94. The second-order valence-corrected chi connectivity index (χ2v) is 4.94. The maximum atomic E-state index is 10.7. The minimum Gasteiger partial charge on any atom is -0.476 e. The Morgan fingerprint density at radius 3 is 2.78 bits per heavy atom. The van der Waals surface area contributed by atoms with Crippen LogP contribution in [-0.2, 0) is 6.42 Å². The van der Waals surface area contributed by atoms with Crippen LogP contribution in [0.5, 0.6) is 0 Å². The molecule has 2 N–H and O–H groups in total. The number of carbonyl (C=O) groups is 1. The van der Waals surface area contributed by atoms with E-state index in [2.05, 4.69) is 29.4 Å². The molecule has 0 radical (unpaired) electrons. The number of rotatable bonds is 5. The summed E-state index contributed by atoms with van der Waals surface area (Å²) in [6.07, 6.45) is 0.878. The highest BCUT2D eigenvalue weighted by atomic mass is 32.1. The minimum absolute atomic E-state index is 0.0920. The van der Waals surface area contributed by atoms with E-state index < -0.39 is 5.97 Å². The van der Waals surface area contributed by atoms with Gasteiger partial charge < -0.3 is 10.4 Å². The van der Waals surface area contributed by atoms with Gasteiger partial charge in [-0.25, -0.2) is 9.78 Å². The van der Waals surface area contributed by atoms with Crippen LogP contribution in [0.4, 0.5) is 5.13 Å². The third-order valence-corrected chi connectivity index (χ3v) is 3.25. The van der Waals surface area contributed by atoms with Gasteiger partial charge in [-0.15, -0.1) is 11.3 Å². The van der Waals surface area contributed by atoms with Gasteiger partial charge in [0.05, 0.1) is 0 Å². The number of hydrogen-bond acceptors (Lipinski definition) is 4. The molecule has 0 aliphatic rings. The van der Waals surface area contributed by atoms with Crippen LogP contribution in [0.15, 0.2) is 35.7 Å². The van der Waals surface area contributed by atoms with Crippen molar-refractivity contribution >= 4 is 22.4 Å². The summed E-state index contributed by atoms with van der Waals surface area (Å²) in [5.41, 5.74) is 1.34. The third kappa shape index (κ3) is 3.30. The van der Waals surface area contributed by atoms with E-state index in [1.54, 1.807) is 5.38 Å². The Bertz CT molecular complexity index is 525. The second kappa shape index (κ2) is 5.64. The summed E-state index contributed by atoms with van der Waals surface area (Å²) in [5, 5.41) is 14.2. The average molecular weight is 262 g/mol. The zero-order valence-electron chi connectivity index (χ0n) is 9.96. The van der Waals surface area contributed by atoms with E-state index in [0.29, 0.717) is 5.13 Å². The van der Waals surface area contributed by atoms with Gasteiger partial charge in [-0.3, -0.25) is 0 Å². The molecule has 0 aliphatic carbocycles. The molecular weight excluding hydrogens is 248 g/mol. The molecule has 1 atom stereocenters. The third-order valence-electron chi connectivity index (χ3n) is 2.48. The molecule has 4 nitrogen and oxygen atoms in total. The van der Waals surface area contributed by atoms with Crippen molar-refractivity contribution < 1.29 is 9.90 Å². The van der Waals surface area contributed by atoms with Crippen LogP contribution in [0, 0.1) is 0 Å². The van der Waals surface area contributed by atoms with Gasteiger partial charge >= 0.3 is 5.97 Å². The molecule has 0 amide bonds. The molecular formula is C13H14N2O2S. The lowest BCUT2D eigenvalue weighted by atomic mass is 10.1. The highest BCUT2D eigenvalue weighted by Gasteiger charge is 2.10. The highest BCUT2D eigenvalue weighted by Crippen LogP contribution is 2.17. The predicted molar refractivity (Wildman–Crippen MR) is 72.3 cm³/mol. The number of nitrogens with zero attached hydrogens (tertiary/aromatic N) is 1. The summed E-state index contributed by atoms with van der Waals surface area (Å²) in [5.74, 6) is -0.991. The van der Waals surface area contributed by atoms with Gasteiger partial charge in [0, 0.05) is 11.4 Å². The summed E-state index contributed by atoms with van der Waals surface area (Å²) in [4.78, 5) is 14.7. The van der Waals surface area contributed by atoms with E-state index in [0.717, 1.165) is 6.42 Å². The van der Waals surface area contributed by atoms with Crippen molar-refractivity contribution in [1.82, 2.24) is 4.98 Å². The lowest BCUT2D eigenvalue weighted by Gasteiger charge is -2.12. The molecule has 1 aromatic heterocycles. The molecule has 0 fully saturated rings. The van der Waals surface area contributed by atoms with Gasteiger partial charge in [-0.05, 0) is 18.9 Å². The van der Waals surface area contributed by atoms with Crippen LogP contribution in [-0.4, -0.2) is 22.1 Å².